The molecule has 0 unspecified atom stereocenters. The van der Waals surface area contributed by atoms with Crippen molar-refractivity contribution in [2.45, 2.75) is 64.3 Å². The van der Waals surface area contributed by atoms with E-state index in [0.29, 0.717) is 6.42 Å². The van der Waals surface area contributed by atoms with Gasteiger partial charge in [-0.3, -0.25) is 4.79 Å². The highest BCUT2D eigenvalue weighted by molar-refractivity contribution is 5.76. The molecule has 1 aromatic rings. The molecule has 2 rings (SSSR count). The maximum atomic E-state index is 11.9. The second-order valence-corrected chi connectivity index (χ2v) is 6.18. The van der Waals surface area contributed by atoms with Crippen LogP contribution in [0.2, 0.25) is 0 Å². The van der Waals surface area contributed by atoms with Crippen LogP contribution in [-0.4, -0.2) is 11.9 Å². The maximum absolute atomic E-state index is 11.9. The summed E-state index contributed by atoms with van der Waals surface area (Å²) in [6.07, 6.45) is 9.22. The average Bonchev–Trinajstić information content (AvgIpc) is 2.97. The first-order valence-electron chi connectivity index (χ1n) is 8.07. The Morgan fingerprint density at radius 3 is 2.65 bits per heavy atom. The Balaban J connectivity index is 1.60. The predicted molar refractivity (Wildman–Crippen MR) is 83.6 cm³/mol. The Labute approximate surface area is 123 Å². The van der Waals surface area contributed by atoms with Crippen LogP contribution in [0.3, 0.4) is 0 Å². The summed E-state index contributed by atoms with van der Waals surface area (Å²) in [7, 11) is 0. The van der Waals surface area contributed by atoms with Gasteiger partial charge in [-0.15, -0.1) is 0 Å². The number of benzene rings is 1. The lowest BCUT2D eigenvalue weighted by atomic mass is 10.0. The van der Waals surface area contributed by atoms with Crippen LogP contribution in [0.15, 0.2) is 30.3 Å². The van der Waals surface area contributed by atoms with Gasteiger partial charge in [-0.05, 0) is 37.7 Å². The molecule has 20 heavy (non-hydrogen) atoms. The van der Waals surface area contributed by atoms with E-state index in [1.54, 1.807) is 0 Å². The van der Waals surface area contributed by atoms with Crippen LogP contribution in [0.4, 0.5) is 0 Å². The summed E-state index contributed by atoms with van der Waals surface area (Å²) in [5.74, 6) is 1.04. The van der Waals surface area contributed by atoms with Crippen molar-refractivity contribution in [3.63, 3.8) is 0 Å². The summed E-state index contributed by atoms with van der Waals surface area (Å²) in [6, 6.07) is 10.7. The fourth-order valence-corrected chi connectivity index (χ4v) is 3.08. The smallest absolute Gasteiger partial charge is 0.220 e. The second kappa shape index (κ2) is 8.08. The van der Waals surface area contributed by atoms with E-state index in [4.69, 9.17) is 0 Å². The van der Waals surface area contributed by atoms with Crippen molar-refractivity contribution in [2.75, 3.05) is 0 Å². The molecule has 1 N–H and O–H groups in total. The summed E-state index contributed by atoms with van der Waals surface area (Å²) in [4.78, 5) is 11.9. The molecule has 0 aliphatic heterocycles. The van der Waals surface area contributed by atoms with Crippen LogP contribution >= 0.6 is 0 Å². The van der Waals surface area contributed by atoms with E-state index in [1.165, 1.54) is 31.2 Å². The van der Waals surface area contributed by atoms with Crippen molar-refractivity contribution in [3.05, 3.63) is 35.9 Å². The molecule has 0 aromatic heterocycles. The van der Waals surface area contributed by atoms with Crippen molar-refractivity contribution in [2.24, 2.45) is 5.92 Å². The first-order valence-corrected chi connectivity index (χ1v) is 8.07. The fourth-order valence-electron chi connectivity index (χ4n) is 3.08. The molecular formula is C18H27NO. The number of nitrogens with one attached hydrogen (secondary N) is 1. The maximum Gasteiger partial charge on any atom is 0.220 e. The monoisotopic (exact) mass is 273 g/mol. The van der Waals surface area contributed by atoms with E-state index < -0.39 is 0 Å². The zero-order valence-electron chi connectivity index (χ0n) is 12.6. The van der Waals surface area contributed by atoms with Crippen LogP contribution < -0.4 is 5.32 Å². The van der Waals surface area contributed by atoms with Gasteiger partial charge in [0.2, 0.25) is 5.91 Å². The molecule has 0 saturated heterocycles. The molecule has 0 bridgehead atoms. The standard InChI is InChI=1S/C18H27NO/c1-15(11-12-16-7-3-2-4-8-16)19-18(20)14-13-17-9-5-6-10-17/h2-4,7-8,15,17H,5-6,9-14H2,1H3,(H,19,20)/t15-/m1/s1. The van der Waals surface area contributed by atoms with E-state index in [-0.39, 0.29) is 11.9 Å². The van der Waals surface area contributed by atoms with Gasteiger partial charge < -0.3 is 5.32 Å². The van der Waals surface area contributed by atoms with E-state index in [0.717, 1.165) is 25.2 Å². The molecule has 1 aliphatic carbocycles. The first kappa shape index (κ1) is 15.1. The minimum absolute atomic E-state index is 0.234. The minimum Gasteiger partial charge on any atom is -0.354 e. The van der Waals surface area contributed by atoms with Gasteiger partial charge in [0.1, 0.15) is 0 Å². The van der Waals surface area contributed by atoms with Gasteiger partial charge >= 0.3 is 0 Å². The summed E-state index contributed by atoms with van der Waals surface area (Å²) >= 11 is 0. The van der Waals surface area contributed by atoms with Crippen molar-refractivity contribution >= 4 is 5.91 Å². The van der Waals surface area contributed by atoms with E-state index in [1.807, 2.05) is 6.07 Å². The summed E-state index contributed by atoms with van der Waals surface area (Å²) in [5, 5.41) is 3.14. The molecule has 1 aliphatic rings. The number of carbonyl (C=O) groups is 1. The molecule has 1 aromatic carbocycles. The van der Waals surface area contributed by atoms with Gasteiger partial charge in [-0.2, -0.15) is 0 Å². The number of amides is 1. The third-order valence-electron chi connectivity index (χ3n) is 4.37. The molecule has 1 fully saturated rings. The number of aryl methyl sites for hydroxylation is 1. The third kappa shape index (κ3) is 5.36. The van der Waals surface area contributed by atoms with Crippen molar-refractivity contribution in [1.29, 1.82) is 0 Å². The number of rotatable bonds is 7. The van der Waals surface area contributed by atoms with Gasteiger partial charge in [-0.1, -0.05) is 56.0 Å². The second-order valence-electron chi connectivity index (χ2n) is 6.18. The van der Waals surface area contributed by atoms with Gasteiger partial charge in [0.15, 0.2) is 0 Å². The molecule has 0 radical (unpaired) electrons. The van der Waals surface area contributed by atoms with Gasteiger partial charge in [-0.25, -0.2) is 0 Å². The quantitative estimate of drug-likeness (QED) is 0.796. The number of carbonyl (C=O) groups excluding carboxylic acids is 1. The molecule has 2 heteroatoms. The Hall–Kier alpha value is -1.31. The highest BCUT2D eigenvalue weighted by atomic mass is 16.1. The van der Waals surface area contributed by atoms with Crippen molar-refractivity contribution < 1.29 is 4.79 Å². The zero-order chi connectivity index (χ0) is 14.2. The number of hydrogen-bond donors (Lipinski definition) is 1. The van der Waals surface area contributed by atoms with Crippen LogP contribution in [0.25, 0.3) is 0 Å². The van der Waals surface area contributed by atoms with E-state index in [2.05, 4.69) is 36.5 Å². The third-order valence-corrected chi connectivity index (χ3v) is 4.37. The molecule has 110 valence electrons. The molecule has 1 saturated carbocycles. The Morgan fingerprint density at radius 2 is 1.95 bits per heavy atom. The lowest BCUT2D eigenvalue weighted by molar-refractivity contribution is -0.122. The van der Waals surface area contributed by atoms with Crippen LogP contribution in [0, 0.1) is 5.92 Å². The van der Waals surface area contributed by atoms with Crippen LogP contribution in [0.1, 0.15) is 57.4 Å². The molecule has 0 heterocycles. The average molecular weight is 273 g/mol. The lowest BCUT2D eigenvalue weighted by Gasteiger charge is -2.15. The van der Waals surface area contributed by atoms with Gasteiger partial charge in [0.05, 0.1) is 0 Å². The first-order chi connectivity index (χ1) is 9.74. The zero-order valence-corrected chi connectivity index (χ0v) is 12.6. The Bertz CT molecular complexity index is 395. The Morgan fingerprint density at radius 1 is 1.25 bits per heavy atom. The largest absolute Gasteiger partial charge is 0.354 e. The SMILES string of the molecule is C[C@H](CCc1ccccc1)NC(=O)CCC1CCCC1. The summed E-state index contributed by atoms with van der Waals surface area (Å²) in [6.45, 7) is 2.11. The lowest BCUT2D eigenvalue weighted by Crippen LogP contribution is -2.32. The van der Waals surface area contributed by atoms with Crippen LogP contribution in [-0.2, 0) is 11.2 Å². The highest BCUT2D eigenvalue weighted by Gasteiger charge is 2.16. The van der Waals surface area contributed by atoms with E-state index in [9.17, 15) is 4.79 Å². The number of hydrogen-bond acceptors (Lipinski definition) is 1. The van der Waals surface area contributed by atoms with E-state index >= 15 is 0 Å². The Kier molecular flexibility index (Phi) is 6.10. The molecule has 1 atom stereocenters. The summed E-state index contributed by atoms with van der Waals surface area (Å²) < 4.78 is 0. The van der Waals surface area contributed by atoms with Crippen LogP contribution in [0.5, 0.6) is 0 Å². The van der Waals surface area contributed by atoms with Crippen molar-refractivity contribution in [1.82, 2.24) is 5.32 Å². The predicted octanol–water partition coefficient (Wildman–Crippen LogP) is 4.09. The summed E-state index contributed by atoms with van der Waals surface area (Å²) in [5.41, 5.74) is 1.35. The molecule has 1 amide bonds. The highest BCUT2D eigenvalue weighted by Crippen LogP contribution is 2.28. The molecule has 0 spiro atoms. The topological polar surface area (TPSA) is 29.1 Å². The normalized spacial score (nSPS) is 17.1. The minimum atomic E-state index is 0.234. The fraction of sp³-hybridized carbons (Fsp3) is 0.611. The molecule has 2 nitrogen and oxygen atoms in total. The molecular weight excluding hydrogens is 246 g/mol. The van der Waals surface area contributed by atoms with Gasteiger partial charge in [0.25, 0.3) is 0 Å². The van der Waals surface area contributed by atoms with Gasteiger partial charge in [0, 0.05) is 12.5 Å². The van der Waals surface area contributed by atoms with Crippen molar-refractivity contribution in [3.8, 4) is 0 Å².